The first-order valence-electron chi connectivity index (χ1n) is 8.93. The maximum atomic E-state index is 6.35. The van der Waals surface area contributed by atoms with Gasteiger partial charge in [0.15, 0.2) is 0 Å². The van der Waals surface area contributed by atoms with Gasteiger partial charge >= 0.3 is 0 Å². The van der Waals surface area contributed by atoms with Gasteiger partial charge < -0.3 is 19.9 Å². The first-order chi connectivity index (χ1) is 11.6. The van der Waals surface area contributed by atoms with E-state index < -0.39 is 0 Å². The predicted octanol–water partition coefficient (Wildman–Crippen LogP) is 1.68. The van der Waals surface area contributed by atoms with Crippen LogP contribution in [0.4, 0.5) is 5.69 Å². The molecule has 2 fully saturated rings. The van der Waals surface area contributed by atoms with E-state index in [0.717, 1.165) is 69.7 Å². The molecule has 0 saturated carbocycles. The van der Waals surface area contributed by atoms with E-state index >= 15 is 0 Å². The van der Waals surface area contributed by atoms with E-state index in [1.807, 2.05) is 6.07 Å². The largest absolute Gasteiger partial charge is 0.492 e. The number of halogens is 1. The Kier molecular flexibility index (Phi) is 6.22. The molecule has 3 rings (SSSR count). The first-order valence-corrected chi connectivity index (χ1v) is 9.31. The van der Waals surface area contributed by atoms with Gasteiger partial charge in [-0.05, 0) is 26.1 Å². The second-order valence-electron chi connectivity index (χ2n) is 6.78. The van der Waals surface area contributed by atoms with Crippen LogP contribution in [-0.2, 0) is 0 Å². The highest BCUT2D eigenvalue weighted by molar-refractivity contribution is 6.31. The molecular formula is C18H29ClN4O. The second-order valence-corrected chi connectivity index (χ2v) is 7.21. The lowest BCUT2D eigenvalue weighted by molar-refractivity contribution is 0.133. The molecule has 0 unspecified atom stereocenters. The smallest absolute Gasteiger partial charge is 0.125 e. The minimum absolute atomic E-state index is 0.714. The summed E-state index contributed by atoms with van der Waals surface area (Å²) >= 11 is 6.35. The van der Waals surface area contributed by atoms with Crippen molar-refractivity contribution < 1.29 is 4.74 Å². The first kappa shape index (κ1) is 17.8. The van der Waals surface area contributed by atoms with Crippen molar-refractivity contribution in [3.8, 4) is 5.75 Å². The standard InChI is InChI=1S/C18H29ClN4O/c1-15-17(23-5-3-20-4-6-23)13-16(19)14-18(15)24-12-11-22-9-7-21(2)8-10-22/h13-14,20H,3-12H2,1-2H3. The molecule has 24 heavy (non-hydrogen) atoms. The molecule has 134 valence electrons. The lowest BCUT2D eigenvalue weighted by atomic mass is 10.1. The lowest BCUT2D eigenvalue weighted by Gasteiger charge is -2.32. The van der Waals surface area contributed by atoms with Crippen LogP contribution in [0.25, 0.3) is 0 Å². The Morgan fingerprint density at radius 3 is 2.50 bits per heavy atom. The van der Waals surface area contributed by atoms with Crippen molar-refractivity contribution in [2.75, 3.05) is 77.5 Å². The Morgan fingerprint density at radius 1 is 1.08 bits per heavy atom. The van der Waals surface area contributed by atoms with Gasteiger partial charge in [0.2, 0.25) is 0 Å². The number of nitrogens with one attached hydrogen (secondary N) is 1. The van der Waals surface area contributed by atoms with Gasteiger partial charge in [0.25, 0.3) is 0 Å². The van der Waals surface area contributed by atoms with E-state index in [4.69, 9.17) is 16.3 Å². The van der Waals surface area contributed by atoms with Gasteiger partial charge in [-0.15, -0.1) is 0 Å². The lowest BCUT2D eigenvalue weighted by Crippen LogP contribution is -2.45. The number of anilines is 1. The van der Waals surface area contributed by atoms with E-state index in [0.29, 0.717) is 6.61 Å². The van der Waals surface area contributed by atoms with Gasteiger partial charge in [-0.25, -0.2) is 0 Å². The number of benzene rings is 1. The normalized spacial score (nSPS) is 20.4. The molecule has 0 aromatic heterocycles. The number of hydrogen-bond donors (Lipinski definition) is 1. The summed E-state index contributed by atoms with van der Waals surface area (Å²) in [6, 6.07) is 4.02. The average molecular weight is 353 g/mol. The molecule has 0 radical (unpaired) electrons. The molecule has 1 aromatic rings. The summed E-state index contributed by atoms with van der Waals surface area (Å²) in [6.45, 7) is 12.4. The summed E-state index contributed by atoms with van der Waals surface area (Å²) in [5.74, 6) is 0.921. The highest BCUT2D eigenvalue weighted by Crippen LogP contribution is 2.33. The zero-order valence-electron chi connectivity index (χ0n) is 14.9. The molecule has 5 nitrogen and oxygen atoms in total. The summed E-state index contributed by atoms with van der Waals surface area (Å²) in [5, 5.41) is 4.15. The molecule has 2 saturated heterocycles. The number of likely N-dealkylation sites (N-methyl/N-ethyl adjacent to an activating group) is 1. The van der Waals surface area contributed by atoms with Gasteiger partial charge in [0, 0.05) is 75.2 Å². The molecule has 0 amide bonds. The molecule has 2 aliphatic rings. The minimum atomic E-state index is 0.714. The summed E-state index contributed by atoms with van der Waals surface area (Å²) < 4.78 is 6.10. The van der Waals surface area contributed by atoms with Gasteiger partial charge in [-0.3, -0.25) is 4.90 Å². The topological polar surface area (TPSA) is 31.0 Å². The molecule has 2 aliphatic heterocycles. The van der Waals surface area contributed by atoms with Crippen molar-refractivity contribution in [2.24, 2.45) is 0 Å². The van der Waals surface area contributed by atoms with Crippen molar-refractivity contribution in [2.45, 2.75) is 6.92 Å². The van der Waals surface area contributed by atoms with Crippen LogP contribution in [0.1, 0.15) is 5.56 Å². The second kappa shape index (κ2) is 8.39. The fourth-order valence-electron chi connectivity index (χ4n) is 3.38. The van der Waals surface area contributed by atoms with Crippen molar-refractivity contribution in [1.82, 2.24) is 15.1 Å². The molecule has 1 aromatic carbocycles. The van der Waals surface area contributed by atoms with Gasteiger partial charge in [-0.2, -0.15) is 0 Å². The summed E-state index contributed by atoms with van der Waals surface area (Å²) in [4.78, 5) is 7.24. The molecule has 0 aliphatic carbocycles. The van der Waals surface area contributed by atoms with E-state index in [1.165, 1.54) is 11.3 Å². The van der Waals surface area contributed by atoms with Crippen molar-refractivity contribution >= 4 is 17.3 Å². The summed E-state index contributed by atoms with van der Waals surface area (Å²) in [5.41, 5.74) is 2.40. The van der Waals surface area contributed by atoms with Crippen LogP contribution < -0.4 is 15.0 Å². The highest BCUT2D eigenvalue weighted by atomic mass is 35.5. The maximum absolute atomic E-state index is 6.35. The van der Waals surface area contributed by atoms with E-state index in [9.17, 15) is 0 Å². The van der Waals surface area contributed by atoms with Crippen LogP contribution in [-0.4, -0.2) is 82.4 Å². The molecule has 0 spiro atoms. The van der Waals surface area contributed by atoms with Gasteiger partial charge in [0.1, 0.15) is 12.4 Å². The highest BCUT2D eigenvalue weighted by Gasteiger charge is 2.17. The van der Waals surface area contributed by atoms with Crippen molar-refractivity contribution in [3.05, 3.63) is 22.7 Å². The van der Waals surface area contributed by atoms with Gasteiger partial charge in [-0.1, -0.05) is 11.6 Å². The molecule has 1 N–H and O–H groups in total. The number of rotatable bonds is 5. The molecule has 2 heterocycles. The van der Waals surface area contributed by atoms with Crippen molar-refractivity contribution in [3.63, 3.8) is 0 Å². The minimum Gasteiger partial charge on any atom is -0.492 e. The van der Waals surface area contributed by atoms with Crippen LogP contribution >= 0.6 is 11.6 Å². The molecule has 6 heteroatoms. The van der Waals surface area contributed by atoms with E-state index in [-0.39, 0.29) is 0 Å². The Morgan fingerprint density at radius 2 is 1.79 bits per heavy atom. The maximum Gasteiger partial charge on any atom is 0.125 e. The van der Waals surface area contributed by atoms with Crippen LogP contribution in [0.3, 0.4) is 0 Å². The third-order valence-corrected chi connectivity index (χ3v) is 5.23. The summed E-state index contributed by atoms with van der Waals surface area (Å²) in [7, 11) is 2.18. The SMILES string of the molecule is Cc1c(OCCN2CCN(C)CC2)cc(Cl)cc1N1CCNCC1. The molecular weight excluding hydrogens is 324 g/mol. The third-order valence-electron chi connectivity index (χ3n) is 5.02. The zero-order valence-corrected chi connectivity index (χ0v) is 15.6. The van der Waals surface area contributed by atoms with Gasteiger partial charge in [0.05, 0.1) is 0 Å². The van der Waals surface area contributed by atoms with E-state index in [1.54, 1.807) is 0 Å². The molecule has 0 bridgehead atoms. The predicted molar refractivity (Wildman–Crippen MR) is 101 cm³/mol. The van der Waals surface area contributed by atoms with Crippen LogP contribution in [0, 0.1) is 6.92 Å². The summed E-state index contributed by atoms with van der Waals surface area (Å²) in [6.07, 6.45) is 0. The van der Waals surface area contributed by atoms with Crippen LogP contribution in [0.15, 0.2) is 12.1 Å². The quantitative estimate of drug-likeness (QED) is 0.871. The number of hydrogen-bond acceptors (Lipinski definition) is 5. The Bertz CT molecular complexity index is 540. The van der Waals surface area contributed by atoms with Crippen LogP contribution in [0.2, 0.25) is 5.02 Å². The Labute approximate surface area is 150 Å². The monoisotopic (exact) mass is 352 g/mol. The Hall–Kier alpha value is -1.01. The number of ether oxygens (including phenoxy) is 1. The molecule has 0 atom stereocenters. The Balaban J connectivity index is 1.59. The van der Waals surface area contributed by atoms with E-state index in [2.05, 4.69) is 40.1 Å². The third kappa shape index (κ3) is 4.54. The number of piperazine rings is 2. The fraction of sp³-hybridized carbons (Fsp3) is 0.667. The zero-order chi connectivity index (χ0) is 16.9. The van der Waals surface area contributed by atoms with Crippen LogP contribution in [0.5, 0.6) is 5.75 Å². The average Bonchev–Trinajstić information content (AvgIpc) is 2.60. The fourth-order valence-corrected chi connectivity index (χ4v) is 3.58. The number of nitrogens with zero attached hydrogens (tertiary/aromatic N) is 3. The van der Waals surface area contributed by atoms with Crippen molar-refractivity contribution in [1.29, 1.82) is 0 Å².